The van der Waals surface area contributed by atoms with Crippen molar-refractivity contribution < 1.29 is 0 Å². The Morgan fingerprint density at radius 2 is 1.69 bits per heavy atom. The molecular weight excluding hydrogens is 158 g/mol. The Morgan fingerprint density at radius 3 is 2.23 bits per heavy atom. The van der Waals surface area contributed by atoms with Crippen molar-refractivity contribution in [1.82, 2.24) is 5.32 Å². The lowest BCUT2D eigenvalue weighted by Crippen LogP contribution is -2.31. The van der Waals surface area contributed by atoms with Crippen molar-refractivity contribution in [3.05, 3.63) is 0 Å². The molecule has 2 unspecified atom stereocenters. The normalized spacial score (nSPS) is 15.7. The Morgan fingerprint density at radius 1 is 1.00 bits per heavy atom. The van der Waals surface area contributed by atoms with Gasteiger partial charge in [0.05, 0.1) is 0 Å². The van der Waals surface area contributed by atoms with Crippen LogP contribution in [0.15, 0.2) is 0 Å². The van der Waals surface area contributed by atoms with Crippen LogP contribution in [-0.4, -0.2) is 12.6 Å². The molecule has 0 aliphatic carbocycles. The van der Waals surface area contributed by atoms with Gasteiger partial charge in [-0.15, -0.1) is 0 Å². The molecule has 0 saturated heterocycles. The fraction of sp³-hybridized carbons (Fsp3) is 1.00. The molecule has 0 heterocycles. The zero-order valence-electron chi connectivity index (χ0n) is 9.90. The van der Waals surface area contributed by atoms with Gasteiger partial charge >= 0.3 is 0 Å². The standard InChI is InChI=1S/C12H27N/c1-5-7-8-9-10-11(3)12(4)13-6-2/h11-13H,5-10H2,1-4H3. The summed E-state index contributed by atoms with van der Waals surface area (Å²) in [6.45, 7) is 10.2. The molecular formula is C12H27N. The third-order valence-electron chi connectivity index (χ3n) is 2.89. The van der Waals surface area contributed by atoms with E-state index in [2.05, 4.69) is 33.0 Å². The van der Waals surface area contributed by atoms with Gasteiger partial charge in [0.15, 0.2) is 0 Å². The monoisotopic (exact) mass is 185 g/mol. The van der Waals surface area contributed by atoms with Gasteiger partial charge in [-0.2, -0.15) is 0 Å². The van der Waals surface area contributed by atoms with E-state index in [0.29, 0.717) is 6.04 Å². The molecule has 2 atom stereocenters. The highest BCUT2D eigenvalue weighted by Crippen LogP contribution is 2.13. The molecule has 0 aromatic rings. The molecule has 1 N–H and O–H groups in total. The van der Waals surface area contributed by atoms with E-state index in [1.165, 1.54) is 32.1 Å². The molecule has 0 spiro atoms. The largest absolute Gasteiger partial charge is 0.314 e. The van der Waals surface area contributed by atoms with Gasteiger partial charge in [-0.1, -0.05) is 46.5 Å². The highest BCUT2D eigenvalue weighted by Gasteiger charge is 2.09. The molecule has 0 rings (SSSR count). The smallest absolute Gasteiger partial charge is 0.00642 e. The summed E-state index contributed by atoms with van der Waals surface area (Å²) in [7, 11) is 0. The van der Waals surface area contributed by atoms with Crippen molar-refractivity contribution in [3.8, 4) is 0 Å². The van der Waals surface area contributed by atoms with Gasteiger partial charge in [0.2, 0.25) is 0 Å². The van der Waals surface area contributed by atoms with Gasteiger partial charge in [-0.3, -0.25) is 0 Å². The van der Waals surface area contributed by atoms with Crippen molar-refractivity contribution in [1.29, 1.82) is 0 Å². The van der Waals surface area contributed by atoms with Crippen LogP contribution in [-0.2, 0) is 0 Å². The lowest BCUT2D eigenvalue weighted by molar-refractivity contribution is 0.372. The highest BCUT2D eigenvalue weighted by molar-refractivity contribution is 4.67. The molecule has 1 heteroatoms. The molecule has 0 fully saturated rings. The van der Waals surface area contributed by atoms with Gasteiger partial charge in [-0.25, -0.2) is 0 Å². The first-order chi connectivity index (χ1) is 6.22. The fourth-order valence-electron chi connectivity index (χ4n) is 1.67. The number of hydrogen-bond acceptors (Lipinski definition) is 1. The molecule has 80 valence electrons. The molecule has 0 aromatic carbocycles. The van der Waals surface area contributed by atoms with Crippen LogP contribution in [0.2, 0.25) is 0 Å². The predicted octanol–water partition coefficient (Wildman–Crippen LogP) is 3.59. The van der Waals surface area contributed by atoms with Crippen LogP contribution in [0.1, 0.15) is 59.8 Å². The van der Waals surface area contributed by atoms with Crippen molar-refractivity contribution in [3.63, 3.8) is 0 Å². The minimum absolute atomic E-state index is 0.687. The second-order valence-electron chi connectivity index (χ2n) is 4.17. The van der Waals surface area contributed by atoms with E-state index in [-0.39, 0.29) is 0 Å². The second-order valence-corrected chi connectivity index (χ2v) is 4.17. The van der Waals surface area contributed by atoms with Crippen LogP contribution in [0.3, 0.4) is 0 Å². The number of nitrogens with one attached hydrogen (secondary N) is 1. The van der Waals surface area contributed by atoms with Crippen molar-refractivity contribution in [2.45, 2.75) is 65.8 Å². The van der Waals surface area contributed by atoms with Crippen molar-refractivity contribution in [2.24, 2.45) is 5.92 Å². The zero-order chi connectivity index (χ0) is 10.1. The summed E-state index contributed by atoms with van der Waals surface area (Å²) >= 11 is 0. The third kappa shape index (κ3) is 7.06. The van der Waals surface area contributed by atoms with Gasteiger partial charge < -0.3 is 5.32 Å². The molecule has 0 radical (unpaired) electrons. The number of unbranched alkanes of at least 4 members (excludes halogenated alkanes) is 3. The molecule has 0 aliphatic heterocycles. The Bertz CT molecular complexity index is 101. The average Bonchev–Trinajstić information content (AvgIpc) is 2.12. The first-order valence-corrected chi connectivity index (χ1v) is 5.95. The summed E-state index contributed by atoms with van der Waals surface area (Å²) in [5, 5.41) is 3.49. The minimum Gasteiger partial charge on any atom is -0.314 e. The Hall–Kier alpha value is -0.0400. The van der Waals surface area contributed by atoms with Gasteiger partial charge in [0.1, 0.15) is 0 Å². The van der Waals surface area contributed by atoms with Crippen LogP contribution in [0.4, 0.5) is 0 Å². The lowest BCUT2D eigenvalue weighted by Gasteiger charge is -2.20. The molecule has 0 aromatic heterocycles. The summed E-state index contributed by atoms with van der Waals surface area (Å²) in [4.78, 5) is 0. The Labute approximate surface area is 84.3 Å². The maximum absolute atomic E-state index is 3.49. The number of hydrogen-bond donors (Lipinski definition) is 1. The molecule has 0 aliphatic rings. The summed E-state index contributed by atoms with van der Waals surface area (Å²) in [5.74, 6) is 0.830. The van der Waals surface area contributed by atoms with E-state index < -0.39 is 0 Å². The lowest BCUT2D eigenvalue weighted by atomic mass is 9.96. The topological polar surface area (TPSA) is 12.0 Å². The van der Waals surface area contributed by atoms with E-state index in [1.54, 1.807) is 0 Å². The summed E-state index contributed by atoms with van der Waals surface area (Å²) in [5.41, 5.74) is 0. The molecule has 1 nitrogen and oxygen atoms in total. The first-order valence-electron chi connectivity index (χ1n) is 5.95. The van der Waals surface area contributed by atoms with E-state index in [0.717, 1.165) is 12.5 Å². The van der Waals surface area contributed by atoms with Gasteiger partial charge in [0.25, 0.3) is 0 Å². The molecule has 0 bridgehead atoms. The van der Waals surface area contributed by atoms with Crippen LogP contribution < -0.4 is 5.32 Å². The zero-order valence-corrected chi connectivity index (χ0v) is 9.90. The van der Waals surface area contributed by atoms with E-state index >= 15 is 0 Å². The molecule has 13 heavy (non-hydrogen) atoms. The average molecular weight is 185 g/mol. The molecule has 0 saturated carbocycles. The Balaban J connectivity index is 3.32. The SMILES string of the molecule is CCCCCCC(C)C(C)NCC. The molecule has 0 amide bonds. The first kappa shape index (κ1) is 13.0. The second kappa shape index (κ2) is 8.55. The van der Waals surface area contributed by atoms with Crippen LogP contribution in [0.25, 0.3) is 0 Å². The summed E-state index contributed by atoms with van der Waals surface area (Å²) in [6, 6.07) is 0.687. The third-order valence-corrected chi connectivity index (χ3v) is 2.89. The van der Waals surface area contributed by atoms with Crippen molar-refractivity contribution in [2.75, 3.05) is 6.54 Å². The van der Waals surface area contributed by atoms with Gasteiger partial charge in [0, 0.05) is 6.04 Å². The van der Waals surface area contributed by atoms with Gasteiger partial charge in [-0.05, 0) is 25.8 Å². The predicted molar refractivity (Wildman–Crippen MR) is 61.1 cm³/mol. The van der Waals surface area contributed by atoms with E-state index in [9.17, 15) is 0 Å². The fourth-order valence-corrected chi connectivity index (χ4v) is 1.67. The highest BCUT2D eigenvalue weighted by atomic mass is 14.9. The maximum Gasteiger partial charge on any atom is 0.00642 e. The van der Waals surface area contributed by atoms with E-state index in [1.807, 2.05) is 0 Å². The summed E-state index contributed by atoms with van der Waals surface area (Å²) < 4.78 is 0. The van der Waals surface area contributed by atoms with Crippen LogP contribution in [0.5, 0.6) is 0 Å². The maximum atomic E-state index is 3.49. The van der Waals surface area contributed by atoms with Crippen LogP contribution >= 0.6 is 0 Å². The quantitative estimate of drug-likeness (QED) is 0.570. The van der Waals surface area contributed by atoms with Crippen molar-refractivity contribution >= 4 is 0 Å². The number of rotatable bonds is 8. The van der Waals surface area contributed by atoms with E-state index in [4.69, 9.17) is 0 Å². The minimum atomic E-state index is 0.687. The Kier molecular flexibility index (Phi) is 8.53. The summed E-state index contributed by atoms with van der Waals surface area (Å²) in [6.07, 6.45) is 6.96. The van der Waals surface area contributed by atoms with Crippen LogP contribution in [0, 0.1) is 5.92 Å².